The molecule has 6 heteroatoms. The normalized spacial score (nSPS) is 21.4. The van der Waals surface area contributed by atoms with E-state index in [1.165, 1.54) is 28.7 Å². The first-order valence-electron chi connectivity index (χ1n) is 11.8. The van der Waals surface area contributed by atoms with E-state index in [1.54, 1.807) is 0 Å². The lowest BCUT2D eigenvalue weighted by molar-refractivity contribution is 0.307. The second-order valence-corrected chi connectivity index (χ2v) is 9.15. The van der Waals surface area contributed by atoms with Gasteiger partial charge in [-0.3, -0.25) is 0 Å². The third-order valence-corrected chi connectivity index (χ3v) is 6.69. The lowest BCUT2D eigenvalue weighted by Crippen LogP contribution is -2.33. The fraction of sp³-hybridized carbons (Fsp3) is 0.357. The van der Waals surface area contributed by atoms with Crippen molar-refractivity contribution >= 4 is 24.8 Å². The molecule has 0 aromatic heterocycles. The van der Waals surface area contributed by atoms with Crippen LogP contribution < -0.4 is 15.8 Å². The number of nitrogens with zero attached hydrogens (tertiary/aromatic N) is 1. The smallest absolute Gasteiger partial charge is 0.127 e. The summed E-state index contributed by atoms with van der Waals surface area (Å²) >= 11 is 0. The van der Waals surface area contributed by atoms with E-state index in [0.29, 0.717) is 24.6 Å². The minimum absolute atomic E-state index is 0. The monoisotopic (exact) mass is 499 g/mol. The zero-order chi connectivity index (χ0) is 21.8. The first-order valence-corrected chi connectivity index (χ1v) is 11.8. The molecular weight excluding hydrogens is 465 g/mol. The van der Waals surface area contributed by atoms with Crippen LogP contribution in [-0.4, -0.2) is 43.2 Å². The highest BCUT2D eigenvalue weighted by Crippen LogP contribution is 2.43. The highest BCUT2D eigenvalue weighted by atomic mass is 35.5. The topological polar surface area (TPSA) is 50.5 Å². The maximum Gasteiger partial charge on any atom is 0.127 e. The van der Waals surface area contributed by atoms with Gasteiger partial charge in [0, 0.05) is 43.2 Å². The fourth-order valence-corrected chi connectivity index (χ4v) is 4.75. The summed E-state index contributed by atoms with van der Waals surface area (Å²) < 4.78 is 6.26. The lowest BCUT2D eigenvalue weighted by Gasteiger charge is -2.16. The SMILES string of the molecule is Cl.Cl.N[C@@H]1CCN(CCNC2CC2c2ccc(OCc3ccccc3)c(-c3ccccc3)c2)C1. The Morgan fingerprint density at radius 2 is 1.68 bits per heavy atom. The molecule has 2 aliphatic rings. The molecule has 1 aliphatic heterocycles. The third kappa shape index (κ3) is 6.74. The first kappa shape index (κ1) is 26.5. The van der Waals surface area contributed by atoms with Crippen molar-refractivity contribution in [2.24, 2.45) is 5.73 Å². The predicted octanol–water partition coefficient (Wildman–Crippen LogP) is 5.25. The van der Waals surface area contributed by atoms with Crippen LogP contribution in [-0.2, 0) is 6.61 Å². The van der Waals surface area contributed by atoms with Gasteiger partial charge < -0.3 is 20.7 Å². The quantitative estimate of drug-likeness (QED) is 0.421. The van der Waals surface area contributed by atoms with Gasteiger partial charge in [0.1, 0.15) is 12.4 Å². The van der Waals surface area contributed by atoms with E-state index in [0.717, 1.165) is 38.3 Å². The van der Waals surface area contributed by atoms with Crippen molar-refractivity contribution in [1.29, 1.82) is 0 Å². The average molecular weight is 501 g/mol. The van der Waals surface area contributed by atoms with Crippen molar-refractivity contribution < 1.29 is 4.74 Å². The van der Waals surface area contributed by atoms with Gasteiger partial charge in [0.2, 0.25) is 0 Å². The second-order valence-electron chi connectivity index (χ2n) is 9.15. The van der Waals surface area contributed by atoms with Crippen LogP contribution in [0, 0.1) is 0 Å². The maximum absolute atomic E-state index is 6.26. The van der Waals surface area contributed by atoms with Crippen LogP contribution in [0.3, 0.4) is 0 Å². The summed E-state index contributed by atoms with van der Waals surface area (Å²) in [6.45, 7) is 4.90. The molecule has 1 saturated carbocycles. The van der Waals surface area contributed by atoms with Gasteiger partial charge in [-0.2, -0.15) is 0 Å². The van der Waals surface area contributed by atoms with Crippen LogP contribution in [0.4, 0.5) is 0 Å². The molecule has 0 radical (unpaired) electrons. The van der Waals surface area contributed by atoms with Crippen molar-refractivity contribution in [3.8, 4) is 16.9 Å². The minimum Gasteiger partial charge on any atom is -0.488 e. The number of benzene rings is 3. The summed E-state index contributed by atoms with van der Waals surface area (Å²) in [5.41, 5.74) is 11.0. The van der Waals surface area contributed by atoms with Crippen LogP contribution in [0.1, 0.15) is 29.9 Å². The van der Waals surface area contributed by atoms with Gasteiger partial charge in [-0.15, -0.1) is 24.8 Å². The molecule has 34 heavy (non-hydrogen) atoms. The van der Waals surface area contributed by atoms with E-state index in [-0.39, 0.29) is 24.8 Å². The molecule has 1 aliphatic carbocycles. The van der Waals surface area contributed by atoms with Crippen LogP contribution >= 0.6 is 24.8 Å². The van der Waals surface area contributed by atoms with E-state index in [9.17, 15) is 0 Å². The predicted molar refractivity (Wildman–Crippen MR) is 145 cm³/mol. The van der Waals surface area contributed by atoms with E-state index in [1.807, 2.05) is 6.07 Å². The van der Waals surface area contributed by atoms with Crippen molar-refractivity contribution in [3.63, 3.8) is 0 Å². The summed E-state index contributed by atoms with van der Waals surface area (Å²) in [4.78, 5) is 2.47. The van der Waals surface area contributed by atoms with Gasteiger partial charge in [-0.25, -0.2) is 0 Å². The van der Waals surface area contributed by atoms with Crippen molar-refractivity contribution in [2.75, 3.05) is 26.2 Å². The molecule has 5 rings (SSSR count). The molecule has 1 saturated heterocycles. The third-order valence-electron chi connectivity index (χ3n) is 6.69. The van der Waals surface area contributed by atoms with Gasteiger partial charge in [0.25, 0.3) is 0 Å². The summed E-state index contributed by atoms with van der Waals surface area (Å²) in [5.74, 6) is 1.53. The van der Waals surface area contributed by atoms with Crippen LogP contribution in [0.5, 0.6) is 5.75 Å². The number of nitrogens with one attached hydrogen (secondary N) is 1. The molecule has 0 amide bonds. The van der Waals surface area contributed by atoms with E-state index in [4.69, 9.17) is 10.5 Å². The largest absolute Gasteiger partial charge is 0.488 e. The second kappa shape index (κ2) is 12.6. The van der Waals surface area contributed by atoms with Gasteiger partial charge in [0.05, 0.1) is 0 Å². The number of hydrogen-bond acceptors (Lipinski definition) is 4. The molecule has 3 aromatic carbocycles. The Balaban J connectivity index is 0.00000162. The summed E-state index contributed by atoms with van der Waals surface area (Å²) in [7, 11) is 0. The van der Waals surface area contributed by atoms with E-state index in [2.05, 4.69) is 83.0 Å². The molecule has 4 nitrogen and oxygen atoms in total. The highest BCUT2D eigenvalue weighted by Gasteiger charge is 2.38. The first-order chi connectivity index (χ1) is 15.8. The van der Waals surface area contributed by atoms with Gasteiger partial charge in [-0.05, 0) is 48.2 Å². The van der Waals surface area contributed by atoms with Crippen molar-refractivity contribution in [2.45, 2.75) is 37.5 Å². The number of halogens is 2. The number of rotatable bonds is 9. The number of nitrogens with two attached hydrogens (primary N) is 1. The maximum atomic E-state index is 6.26. The Labute approximate surface area is 215 Å². The number of likely N-dealkylation sites (tertiary alicyclic amines) is 1. The molecule has 3 N–H and O–H groups in total. The molecule has 182 valence electrons. The standard InChI is InChI=1S/C28H33N3O.2ClH/c29-24-13-15-31(19-24)16-14-30-27-18-25(27)23-11-12-28(32-20-21-7-3-1-4-8-21)26(17-23)22-9-5-2-6-10-22;;/h1-12,17,24-25,27,30H,13-16,18-20,29H2;2*1H/t24-,25?,27?;;/m1../s1. The molecule has 2 fully saturated rings. The van der Waals surface area contributed by atoms with Crippen LogP contribution in [0.15, 0.2) is 78.9 Å². The Bertz CT molecular complexity index is 1020. The van der Waals surface area contributed by atoms with E-state index < -0.39 is 0 Å². The molecule has 1 heterocycles. The number of ether oxygens (including phenoxy) is 1. The van der Waals surface area contributed by atoms with Gasteiger partial charge >= 0.3 is 0 Å². The molecule has 3 aromatic rings. The molecule has 0 spiro atoms. The zero-order valence-electron chi connectivity index (χ0n) is 19.4. The van der Waals surface area contributed by atoms with Crippen LogP contribution in [0.2, 0.25) is 0 Å². The lowest BCUT2D eigenvalue weighted by atomic mass is 9.99. The fourth-order valence-electron chi connectivity index (χ4n) is 4.75. The number of hydrogen-bond donors (Lipinski definition) is 2. The average Bonchev–Trinajstić information content (AvgIpc) is 3.50. The summed E-state index contributed by atoms with van der Waals surface area (Å²) in [5, 5.41) is 3.75. The summed E-state index contributed by atoms with van der Waals surface area (Å²) in [6, 6.07) is 28.6. The van der Waals surface area contributed by atoms with Gasteiger partial charge in [0.15, 0.2) is 0 Å². The summed E-state index contributed by atoms with van der Waals surface area (Å²) in [6.07, 6.45) is 2.34. The Morgan fingerprint density at radius 3 is 2.38 bits per heavy atom. The molecule has 3 atom stereocenters. The molecular formula is C28H35Cl2N3O. The van der Waals surface area contributed by atoms with Crippen LogP contribution in [0.25, 0.3) is 11.1 Å². The Kier molecular flexibility index (Phi) is 9.81. The van der Waals surface area contributed by atoms with Crippen molar-refractivity contribution in [3.05, 3.63) is 90.0 Å². The molecule has 2 unspecified atom stereocenters. The Morgan fingerprint density at radius 1 is 0.941 bits per heavy atom. The van der Waals surface area contributed by atoms with Crippen molar-refractivity contribution in [1.82, 2.24) is 10.2 Å². The molecule has 0 bridgehead atoms. The Hall–Kier alpha value is -2.08. The minimum atomic E-state index is 0. The van der Waals surface area contributed by atoms with Gasteiger partial charge in [-0.1, -0.05) is 66.7 Å². The van der Waals surface area contributed by atoms with E-state index >= 15 is 0 Å². The zero-order valence-corrected chi connectivity index (χ0v) is 21.1. The highest BCUT2D eigenvalue weighted by molar-refractivity contribution is 5.85.